The van der Waals surface area contributed by atoms with Gasteiger partial charge < -0.3 is 14.4 Å². The molecule has 0 atom stereocenters. The van der Waals surface area contributed by atoms with Gasteiger partial charge in [0, 0.05) is 42.6 Å². The summed E-state index contributed by atoms with van der Waals surface area (Å²) in [6, 6.07) is 11.1. The number of methoxy groups -OCH3 is 2. The standard InChI is InChI=1S/C19H18N4O3/c1-25-17-10-14(13-5-3-4-6-16(13)20-17)19(24)23-8-7-15-12(11-23)9-18(26-2)22-21-15/h3-6,9-10H,7-8,11H2,1-2H3. The van der Waals surface area contributed by atoms with Crippen molar-refractivity contribution in [1.29, 1.82) is 0 Å². The molecule has 0 fully saturated rings. The second kappa shape index (κ2) is 6.59. The van der Waals surface area contributed by atoms with E-state index < -0.39 is 0 Å². The number of hydrogen-bond donors (Lipinski definition) is 0. The Morgan fingerprint density at radius 1 is 1.08 bits per heavy atom. The molecular weight excluding hydrogens is 332 g/mol. The Hall–Kier alpha value is -3.22. The molecule has 132 valence electrons. The molecule has 26 heavy (non-hydrogen) atoms. The van der Waals surface area contributed by atoms with Crippen molar-refractivity contribution >= 4 is 16.8 Å². The van der Waals surface area contributed by atoms with E-state index in [1.54, 1.807) is 20.3 Å². The van der Waals surface area contributed by atoms with Gasteiger partial charge in [-0.25, -0.2) is 4.98 Å². The summed E-state index contributed by atoms with van der Waals surface area (Å²) in [7, 11) is 3.10. The van der Waals surface area contributed by atoms with Gasteiger partial charge in [0.05, 0.1) is 31.0 Å². The van der Waals surface area contributed by atoms with E-state index in [0.717, 1.165) is 22.2 Å². The fraction of sp³-hybridized carbons (Fsp3) is 0.263. The molecule has 2 aromatic heterocycles. The largest absolute Gasteiger partial charge is 0.481 e. The summed E-state index contributed by atoms with van der Waals surface area (Å²) >= 11 is 0. The van der Waals surface area contributed by atoms with Crippen LogP contribution in [-0.4, -0.2) is 46.8 Å². The lowest BCUT2D eigenvalue weighted by Crippen LogP contribution is -2.36. The molecule has 0 spiro atoms. The van der Waals surface area contributed by atoms with Crippen LogP contribution in [0.4, 0.5) is 0 Å². The first-order valence-electron chi connectivity index (χ1n) is 8.32. The maximum atomic E-state index is 13.2. The molecule has 7 nitrogen and oxygen atoms in total. The Morgan fingerprint density at radius 2 is 1.88 bits per heavy atom. The number of rotatable bonds is 3. The predicted octanol–water partition coefficient (Wildman–Crippen LogP) is 2.24. The summed E-state index contributed by atoms with van der Waals surface area (Å²) in [6.45, 7) is 1.06. The zero-order valence-electron chi connectivity index (χ0n) is 14.6. The van der Waals surface area contributed by atoms with Gasteiger partial charge in [0.2, 0.25) is 11.8 Å². The van der Waals surface area contributed by atoms with E-state index in [1.807, 2.05) is 35.2 Å². The molecule has 0 radical (unpaired) electrons. The zero-order valence-corrected chi connectivity index (χ0v) is 14.6. The van der Waals surface area contributed by atoms with Crippen LogP contribution in [0.2, 0.25) is 0 Å². The SMILES string of the molecule is COc1cc2c(nn1)CCN(C(=O)c1cc(OC)nc3ccccc13)C2. The van der Waals surface area contributed by atoms with Gasteiger partial charge in [-0.3, -0.25) is 4.79 Å². The van der Waals surface area contributed by atoms with Crippen molar-refractivity contribution in [2.45, 2.75) is 13.0 Å². The average molecular weight is 350 g/mol. The number of amides is 1. The minimum Gasteiger partial charge on any atom is -0.481 e. The van der Waals surface area contributed by atoms with Crippen molar-refractivity contribution in [3.63, 3.8) is 0 Å². The van der Waals surface area contributed by atoms with Gasteiger partial charge in [0.1, 0.15) is 0 Å². The number of benzene rings is 1. The lowest BCUT2D eigenvalue weighted by Gasteiger charge is -2.28. The molecule has 0 saturated carbocycles. The summed E-state index contributed by atoms with van der Waals surface area (Å²) in [5, 5.41) is 9.01. The lowest BCUT2D eigenvalue weighted by atomic mass is 10.0. The Balaban J connectivity index is 1.71. The normalized spacial score (nSPS) is 13.4. The number of fused-ring (bicyclic) bond motifs is 2. The smallest absolute Gasteiger partial charge is 0.255 e. The lowest BCUT2D eigenvalue weighted by molar-refractivity contribution is 0.0734. The number of carbonyl (C=O) groups excluding carboxylic acids is 1. The van der Waals surface area contributed by atoms with Crippen LogP contribution in [0.1, 0.15) is 21.6 Å². The minimum atomic E-state index is -0.0525. The predicted molar refractivity (Wildman–Crippen MR) is 95.3 cm³/mol. The van der Waals surface area contributed by atoms with Crippen LogP contribution in [0.5, 0.6) is 11.8 Å². The van der Waals surface area contributed by atoms with Crippen molar-refractivity contribution in [2.24, 2.45) is 0 Å². The third kappa shape index (κ3) is 2.81. The van der Waals surface area contributed by atoms with Gasteiger partial charge in [-0.2, -0.15) is 5.10 Å². The average Bonchev–Trinajstić information content (AvgIpc) is 2.71. The maximum Gasteiger partial charge on any atom is 0.255 e. The molecule has 0 N–H and O–H groups in total. The van der Waals surface area contributed by atoms with E-state index in [2.05, 4.69) is 15.2 Å². The maximum absolute atomic E-state index is 13.2. The second-order valence-corrected chi connectivity index (χ2v) is 6.06. The minimum absolute atomic E-state index is 0.0525. The first kappa shape index (κ1) is 16.3. The van der Waals surface area contributed by atoms with Crippen molar-refractivity contribution < 1.29 is 14.3 Å². The molecule has 0 bridgehead atoms. The molecule has 0 unspecified atom stereocenters. The quantitative estimate of drug-likeness (QED) is 0.721. The molecule has 0 saturated heterocycles. The Bertz CT molecular complexity index is 990. The highest BCUT2D eigenvalue weighted by atomic mass is 16.5. The van der Waals surface area contributed by atoms with Gasteiger partial charge in [-0.15, -0.1) is 5.10 Å². The molecule has 4 rings (SSSR count). The zero-order chi connectivity index (χ0) is 18.1. The molecule has 1 amide bonds. The summed E-state index contributed by atoms with van der Waals surface area (Å²) in [5.41, 5.74) is 3.19. The first-order chi connectivity index (χ1) is 12.7. The highest BCUT2D eigenvalue weighted by molar-refractivity contribution is 6.06. The molecular formula is C19H18N4O3. The van der Waals surface area contributed by atoms with Gasteiger partial charge in [-0.05, 0) is 6.07 Å². The van der Waals surface area contributed by atoms with Crippen LogP contribution in [-0.2, 0) is 13.0 Å². The monoisotopic (exact) mass is 350 g/mol. The molecule has 0 aliphatic carbocycles. The number of nitrogens with zero attached hydrogens (tertiary/aromatic N) is 4. The van der Waals surface area contributed by atoms with Crippen LogP contribution >= 0.6 is 0 Å². The van der Waals surface area contributed by atoms with Gasteiger partial charge in [0.25, 0.3) is 5.91 Å². The van der Waals surface area contributed by atoms with E-state index in [4.69, 9.17) is 9.47 Å². The Morgan fingerprint density at radius 3 is 2.69 bits per heavy atom. The molecule has 1 aliphatic rings. The van der Waals surface area contributed by atoms with E-state index in [0.29, 0.717) is 36.8 Å². The molecule has 3 heterocycles. The third-order valence-electron chi connectivity index (χ3n) is 4.55. The summed E-state index contributed by atoms with van der Waals surface area (Å²) in [6.07, 6.45) is 0.665. The Labute approximate surface area is 150 Å². The number of carbonyl (C=O) groups is 1. The molecule has 1 aliphatic heterocycles. The van der Waals surface area contributed by atoms with E-state index in [-0.39, 0.29) is 5.91 Å². The fourth-order valence-corrected chi connectivity index (χ4v) is 3.18. The van der Waals surface area contributed by atoms with E-state index in [9.17, 15) is 4.79 Å². The summed E-state index contributed by atoms with van der Waals surface area (Å²) < 4.78 is 10.4. The first-order valence-corrected chi connectivity index (χ1v) is 8.32. The van der Waals surface area contributed by atoms with Crippen molar-refractivity contribution in [1.82, 2.24) is 20.1 Å². The summed E-state index contributed by atoms with van der Waals surface area (Å²) in [5.74, 6) is 0.828. The molecule has 7 heteroatoms. The van der Waals surface area contributed by atoms with Gasteiger partial charge in [0.15, 0.2) is 0 Å². The fourth-order valence-electron chi connectivity index (χ4n) is 3.18. The van der Waals surface area contributed by atoms with Crippen LogP contribution in [0.25, 0.3) is 10.9 Å². The van der Waals surface area contributed by atoms with E-state index >= 15 is 0 Å². The van der Waals surface area contributed by atoms with Crippen LogP contribution in [0.15, 0.2) is 36.4 Å². The van der Waals surface area contributed by atoms with Crippen molar-refractivity contribution in [3.8, 4) is 11.8 Å². The highest BCUT2D eigenvalue weighted by Crippen LogP contribution is 2.26. The molecule has 3 aromatic rings. The van der Waals surface area contributed by atoms with Crippen LogP contribution in [0, 0.1) is 0 Å². The molecule has 1 aromatic carbocycles. The number of ether oxygens (including phenoxy) is 2. The van der Waals surface area contributed by atoms with Crippen LogP contribution in [0.3, 0.4) is 0 Å². The van der Waals surface area contributed by atoms with Gasteiger partial charge >= 0.3 is 0 Å². The number of hydrogen-bond acceptors (Lipinski definition) is 6. The second-order valence-electron chi connectivity index (χ2n) is 6.06. The Kier molecular flexibility index (Phi) is 4.12. The number of aromatic nitrogens is 3. The van der Waals surface area contributed by atoms with Crippen molar-refractivity contribution in [3.05, 3.63) is 53.2 Å². The number of para-hydroxylation sites is 1. The van der Waals surface area contributed by atoms with Crippen LogP contribution < -0.4 is 9.47 Å². The highest BCUT2D eigenvalue weighted by Gasteiger charge is 2.25. The number of pyridine rings is 1. The van der Waals surface area contributed by atoms with Gasteiger partial charge in [-0.1, -0.05) is 18.2 Å². The van der Waals surface area contributed by atoms with Crippen molar-refractivity contribution in [2.75, 3.05) is 20.8 Å². The summed E-state index contributed by atoms with van der Waals surface area (Å²) in [4.78, 5) is 19.4. The van der Waals surface area contributed by atoms with E-state index in [1.165, 1.54) is 0 Å². The third-order valence-corrected chi connectivity index (χ3v) is 4.55. The topological polar surface area (TPSA) is 77.4 Å².